The molecule has 2 heteroatoms. The average Bonchev–Trinajstić information content (AvgIpc) is 1.88. The summed E-state index contributed by atoms with van der Waals surface area (Å²) in [5.41, 5.74) is 5.47. The van der Waals surface area contributed by atoms with E-state index in [0.717, 1.165) is 12.8 Å². The predicted molar refractivity (Wildman–Crippen MR) is 43.8 cm³/mol. The summed E-state index contributed by atoms with van der Waals surface area (Å²) in [4.78, 5) is 0. The molecule has 0 aromatic rings. The Hall–Kier alpha value is -0.0800. The van der Waals surface area contributed by atoms with Crippen LogP contribution in [0.3, 0.4) is 0 Å². The molecule has 3 N–H and O–H groups in total. The fraction of sp³-hybridized carbons (Fsp3) is 1.00. The van der Waals surface area contributed by atoms with Crippen LogP contribution < -0.4 is 5.73 Å². The van der Waals surface area contributed by atoms with Crippen LogP contribution >= 0.6 is 0 Å². The summed E-state index contributed by atoms with van der Waals surface area (Å²) in [7, 11) is 0. The summed E-state index contributed by atoms with van der Waals surface area (Å²) in [6, 6.07) is -0.0724. The van der Waals surface area contributed by atoms with Crippen LogP contribution in [0.4, 0.5) is 0 Å². The van der Waals surface area contributed by atoms with E-state index in [4.69, 9.17) is 5.73 Å². The highest BCUT2D eigenvalue weighted by Gasteiger charge is 2.07. The van der Waals surface area contributed by atoms with Gasteiger partial charge in [0.05, 0.1) is 6.10 Å². The van der Waals surface area contributed by atoms with E-state index in [1.54, 1.807) is 0 Å². The van der Waals surface area contributed by atoms with Crippen molar-refractivity contribution < 1.29 is 5.11 Å². The summed E-state index contributed by atoms with van der Waals surface area (Å²) in [6.45, 7) is 3.99. The zero-order chi connectivity index (χ0) is 7.98. The maximum atomic E-state index is 9.23. The van der Waals surface area contributed by atoms with E-state index >= 15 is 0 Å². The van der Waals surface area contributed by atoms with Gasteiger partial charge in [-0.05, 0) is 13.3 Å². The van der Waals surface area contributed by atoms with Crippen LogP contribution in [0.2, 0.25) is 0 Å². The van der Waals surface area contributed by atoms with Gasteiger partial charge in [-0.15, -0.1) is 0 Å². The van der Waals surface area contributed by atoms with Crippen molar-refractivity contribution in [2.24, 2.45) is 5.73 Å². The standard InChI is InChI=1S/C8H19NO/c1-3-4-5-6-8(10)7(2)9/h7-8,10H,3-6,9H2,1-2H3/t7-,8-/m1/s1. The van der Waals surface area contributed by atoms with Crippen molar-refractivity contribution in [2.75, 3.05) is 0 Å². The molecule has 0 heterocycles. The third-order valence-corrected chi connectivity index (χ3v) is 1.71. The third kappa shape index (κ3) is 4.77. The Morgan fingerprint density at radius 1 is 1.40 bits per heavy atom. The highest BCUT2D eigenvalue weighted by Crippen LogP contribution is 2.04. The van der Waals surface area contributed by atoms with Crippen LogP contribution in [-0.4, -0.2) is 17.3 Å². The normalized spacial score (nSPS) is 16.8. The van der Waals surface area contributed by atoms with Crippen molar-refractivity contribution in [2.45, 2.75) is 51.7 Å². The molecule has 0 bridgehead atoms. The molecule has 0 saturated heterocycles. The molecule has 0 saturated carbocycles. The highest BCUT2D eigenvalue weighted by atomic mass is 16.3. The number of hydrogen-bond acceptors (Lipinski definition) is 2. The van der Waals surface area contributed by atoms with Crippen LogP contribution in [0.25, 0.3) is 0 Å². The van der Waals surface area contributed by atoms with E-state index in [2.05, 4.69) is 6.92 Å². The van der Waals surface area contributed by atoms with Gasteiger partial charge >= 0.3 is 0 Å². The number of rotatable bonds is 5. The first-order valence-electron chi connectivity index (χ1n) is 4.12. The van der Waals surface area contributed by atoms with Crippen molar-refractivity contribution in [3.8, 4) is 0 Å². The lowest BCUT2D eigenvalue weighted by Crippen LogP contribution is -2.31. The average molecular weight is 145 g/mol. The zero-order valence-electron chi connectivity index (χ0n) is 7.01. The number of aliphatic hydroxyl groups excluding tert-OH is 1. The van der Waals surface area contributed by atoms with Crippen molar-refractivity contribution >= 4 is 0 Å². The summed E-state index contributed by atoms with van der Waals surface area (Å²) in [6.07, 6.45) is 4.05. The van der Waals surface area contributed by atoms with Crippen molar-refractivity contribution in [1.29, 1.82) is 0 Å². The fourth-order valence-electron chi connectivity index (χ4n) is 0.866. The molecule has 0 aliphatic carbocycles. The van der Waals surface area contributed by atoms with Crippen LogP contribution in [0, 0.1) is 0 Å². The van der Waals surface area contributed by atoms with Gasteiger partial charge < -0.3 is 10.8 Å². The van der Waals surface area contributed by atoms with Crippen molar-refractivity contribution in [1.82, 2.24) is 0 Å². The highest BCUT2D eigenvalue weighted by molar-refractivity contribution is 4.65. The molecule has 0 radical (unpaired) electrons. The minimum Gasteiger partial charge on any atom is -0.392 e. The lowest BCUT2D eigenvalue weighted by atomic mass is 10.1. The Morgan fingerprint density at radius 2 is 2.00 bits per heavy atom. The number of unbranched alkanes of at least 4 members (excludes halogenated alkanes) is 2. The Labute approximate surface area is 63.4 Å². The summed E-state index contributed by atoms with van der Waals surface area (Å²) in [5.74, 6) is 0. The molecule has 0 unspecified atom stereocenters. The largest absolute Gasteiger partial charge is 0.392 e. The second-order valence-corrected chi connectivity index (χ2v) is 2.92. The Morgan fingerprint density at radius 3 is 2.40 bits per heavy atom. The molecule has 0 amide bonds. The number of aliphatic hydroxyl groups is 1. The Kier molecular flexibility index (Phi) is 5.64. The molecular formula is C8H19NO. The van der Waals surface area contributed by atoms with Gasteiger partial charge in [0.2, 0.25) is 0 Å². The topological polar surface area (TPSA) is 46.2 Å². The quantitative estimate of drug-likeness (QED) is 0.572. The van der Waals surface area contributed by atoms with Crippen molar-refractivity contribution in [3.63, 3.8) is 0 Å². The fourth-order valence-corrected chi connectivity index (χ4v) is 0.866. The van der Waals surface area contributed by atoms with E-state index < -0.39 is 0 Å². The lowest BCUT2D eigenvalue weighted by Gasteiger charge is -2.13. The summed E-state index contributed by atoms with van der Waals surface area (Å²) >= 11 is 0. The van der Waals surface area contributed by atoms with Gasteiger partial charge in [-0.3, -0.25) is 0 Å². The van der Waals surface area contributed by atoms with Crippen LogP contribution in [0.15, 0.2) is 0 Å². The molecule has 0 aromatic carbocycles. The van der Waals surface area contributed by atoms with E-state index in [1.165, 1.54) is 12.8 Å². The molecule has 62 valence electrons. The monoisotopic (exact) mass is 145 g/mol. The third-order valence-electron chi connectivity index (χ3n) is 1.71. The van der Waals surface area contributed by atoms with E-state index in [1.807, 2.05) is 6.92 Å². The first-order chi connectivity index (χ1) is 4.68. The molecule has 2 nitrogen and oxygen atoms in total. The molecule has 2 atom stereocenters. The second kappa shape index (κ2) is 5.69. The van der Waals surface area contributed by atoms with Crippen LogP contribution in [0.5, 0.6) is 0 Å². The van der Waals surface area contributed by atoms with Crippen LogP contribution in [0.1, 0.15) is 39.5 Å². The predicted octanol–water partition coefficient (Wildman–Crippen LogP) is 1.27. The minimum atomic E-state index is -0.299. The molecular weight excluding hydrogens is 126 g/mol. The number of hydrogen-bond donors (Lipinski definition) is 2. The maximum Gasteiger partial charge on any atom is 0.0688 e. The number of nitrogens with two attached hydrogens (primary N) is 1. The molecule has 0 aromatic heterocycles. The maximum absolute atomic E-state index is 9.23. The molecule has 0 aliphatic heterocycles. The lowest BCUT2D eigenvalue weighted by molar-refractivity contribution is 0.138. The molecule has 10 heavy (non-hydrogen) atoms. The molecule has 0 aliphatic rings. The summed E-state index contributed by atoms with van der Waals surface area (Å²) in [5, 5.41) is 9.23. The summed E-state index contributed by atoms with van der Waals surface area (Å²) < 4.78 is 0. The van der Waals surface area contributed by atoms with E-state index in [-0.39, 0.29) is 12.1 Å². The second-order valence-electron chi connectivity index (χ2n) is 2.92. The zero-order valence-corrected chi connectivity index (χ0v) is 7.01. The molecule has 0 rings (SSSR count). The van der Waals surface area contributed by atoms with Crippen molar-refractivity contribution in [3.05, 3.63) is 0 Å². The van der Waals surface area contributed by atoms with Gasteiger partial charge in [-0.2, -0.15) is 0 Å². The first kappa shape index (κ1) is 9.92. The van der Waals surface area contributed by atoms with Gasteiger partial charge in [-0.25, -0.2) is 0 Å². The Balaban J connectivity index is 3.13. The Bertz CT molecular complexity index is 73.7. The molecule has 0 spiro atoms. The van der Waals surface area contributed by atoms with Gasteiger partial charge in [0, 0.05) is 6.04 Å². The van der Waals surface area contributed by atoms with Gasteiger partial charge in [0.1, 0.15) is 0 Å². The van der Waals surface area contributed by atoms with Gasteiger partial charge in [0.25, 0.3) is 0 Å². The van der Waals surface area contributed by atoms with Gasteiger partial charge in [0.15, 0.2) is 0 Å². The minimum absolute atomic E-state index is 0.0724. The molecule has 0 fully saturated rings. The smallest absolute Gasteiger partial charge is 0.0688 e. The van der Waals surface area contributed by atoms with Crippen LogP contribution in [-0.2, 0) is 0 Å². The van der Waals surface area contributed by atoms with Gasteiger partial charge in [-0.1, -0.05) is 26.2 Å². The van der Waals surface area contributed by atoms with E-state index in [0.29, 0.717) is 0 Å². The van der Waals surface area contributed by atoms with E-state index in [9.17, 15) is 5.11 Å². The first-order valence-corrected chi connectivity index (χ1v) is 4.12. The SMILES string of the molecule is CCCCC[C@@H](O)[C@@H](C)N.